The van der Waals surface area contributed by atoms with Crippen LogP contribution in [-0.4, -0.2) is 5.11 Å². The van der Waals surface area contributed by atoms with E-state index in [2.05, 4.69) is 15.9 Å². The first-order valence-electron chi connectivity index (χ1n) is 3.84. The van der Waals surface area contributed by atoms with Crippen LogP contribution in [0.4, 0.5) is 4.39 Å². The predicted molar refractivity (Wildman–Crippen MR) is 47.4 cm³/mol. The van der Waals surface area contributed by atoms with Crippen LogP contribution in [0.15, 0.2) is 16.6 Å². The highest BCUT2D eigenvalue weighted by molar-refractivity contribution is 9.10. The van der Waals surface area contributed by atoms with Gasteiger partial charge >= 0.3 is 0 Å². The van der Waals surface area contributed by atoms with Gasteiger partial charge in [-0.05, 0) is 36.1 Å². The zero-order valence-electron chi connectivity index (χ0n) is 6.35. The van der Waals surface area contributed by atoms with Crippen LogP contribution in [-0.2, 0) is 6.42 Å². The number of halogens is 2. The van der Waals surface area contributed by atoms with Crippen molar-refractivity contribution < 1.29 is 9.50 Å². The number of rotatable bonds is 0. The van der Waals surface area contributed by atoms with Crippen LogP contribution in [0, 0.1) is 5.82 Å². The lowest BCUT2D eigenvalue weighted by Crippen LogP contribution is -1.92. The minimum absolute atomic E-state index is 0.212. The molecular weight excluding hydrogens is 223 g/mol. The van der Waals surface area contributed by atoms with Gasteiger partial charge in [-0.3, -0.25) is 0 Å². The standard InChI is InChI=1S/C9H8BrFO/c10-5-3-7-6(8(11)4-5)1-2-9(7)12/h3-4,9,12H,1-2H2/t9-/m0/s1. The largest absolute Gasteiger partial charge is 0.388 e. The minimum atomic E-state index is -0.480. The fourth-order valence-electron chi connectivity index (χ4n) is 1.62. The zero-order valence-corrected chi connectivity index (χ0v) is 7.94. The summed E-state index contributed by atoms with van der Waals surface area (Å²) in [4.78, 5) is 0. The Kier molecular flexibility index (Phi) is 1.93. The summed E-state index contributed by atoms with van der Waals surface area (Å²) in [6.07, 6.45) is 0.810. The van der Waals surface area contributed by atoms with Gasteiger partial charge in [-0.1, -0.05) is 15.9 Å². The molecule has 64 valence electrons. The molecule has 1 atom stereocenters. The fraction of sp³-hybridized carbons (Fsp3) is 0.333. The summed E-state index contributed by atoms with van der Waals surface area (Å²) < 4.78 is 13.9. The summed E-state index contributed by atoms with van der Waals surface area (Å²) in [5.41, 5.74) is 1.41. The third-order valence-corrected chi connectivity index (χ3v) is 2.68. The van der Waals surface area contributed by atoms with Crippen LogP contribution in [0.5, 0.6) is 0 Å². The molecule has 0 aromatic heterocycles. The van der Waals surface area contributed by atoms with Crippen molar-refractivity contribution in [2.75, 3.05) is 0 Å². The third-order valence-electron chi connectivity index (χ3n) is 2.22. The number of benzene rings is 1. The molecule has 1 aromatic carbocycles. The Morgan fingerprint density at radius 3 is 3.00 bits per heavy atom. The lowest BCUT2D eigenvalue weighted by molar-refractivity contribution is 0.180. The molecule has 0 unspecified atom stereocenters. The van der Waals surface area contributed by atoms with E-state index in [4.69, 9.17) is 0 Å². The molecule has 0 saturated carbocycles. The van der Waals surface area contributed by atoms with Gasteiger partial charge in [-0.25, -0.2) is 4.39 Å². The van der Waals surface area contributed by atoms with Gasteiger partial charge in [0.05, 0.1) is 6.10 Å². The second-order valence-corrected chi connectivity index (χ2v) is 3.93. The van der Waals surface area contributed by atoms with Gasteiger partial charge in [-0.2, -0.15) is 0 Å². The van der Waals surface area contributed by atoms with Gasteiger partial charge in [0.1, 0.15) is 5.82 Å². The number of hydrogen-bond acceptors (Lipinski definition) is 1. The summed E-state index contributed by atoms with van der Waals surface area (Å²) in [6, 6.07) is 3.23. The second-order valence-electron chi connectivity index (χ2n) is 3.01. The van der Waals surface area contributed by atoms with Crippen molar-refractivity contribution in [2.45, 2.75) is 18.9 Å². The zero-order chi connectivity index (χ0) is 8.72. The molecule has 0 heterocycles. The Morgan fingerprint density at radius 1 is 1.50 bits per heavy atom. The highest BCUT2D eigenvalue weighted by Gasteiger charge is 2.23. The van der Waals surface area contributed by atoms with Crippen LogP contribution in [0.3, 0.4) is 0 Å². The Hall–Kier alpha value is -0.410. The normalized spacial score (nSPS) is 21.1. The van der Waals surface area contributed by atoms with Crippen molar-refractivity contribution >= 4 is 15.9 Å². The molecular formula is C9H8BrFO. The SMILES string of the molecule is O[C@H]1CCc2c(F)cc(Br)cc21. The van der Waals surface area contributed by atoms with E-state index in [1.54, 1.807) is 6.07 Å². The number of fused-ring (bicyclic) bond motifs is 1. The summed E-state index contributed by atoms with van der Waals surface area (Å²) >= 11 is 3.19. The number of aliphatic hydroxyl groups excluding tert-OH is 1. The minimum Gasteiger partial charge on any atom is -0.388 e. The molecule has 0 aliphatic heterocycles. The van der Waals surface area contributed by atoms with Crippen LogP contribution < -0.4 is 0 Å². The highest BCUT2D eigenvalue weighted by Crippen LogP contribution is 2.34. The van der Waals surface area contributed by atoms with E-state index in [0.717, 1.165) is 5.56 Å². The van der Waals surface area contributed by atoms with E-state index >= 15 is 0 Å². The number of aliphatic hydroxyl groups is 1. The lowest BCUT2D eigenvalue weighted by atomic mass is 10.1. The summed E-state index contributed by atoms with van der Waals surface area (Å²) in [5, 5.41) is 9.44. The van der Waals surface area contributed by atoms with Crippen molar-refractivity contribution in [2.24, 2.45) is 0 Å². The lowest BCUT2D eigenvalue weighted by Gasteiger charge is -2.04. The van der Waals surface area contributed by atoms with Crippen LogP contribution >= 0.6 is 15.9 Å². The molecule has 0 spiro atoms. The Bertz CT molecular complexity index is 325. The molecule has 0 fully saturated rings. The Labute approximate surface area is 78.3 Å². The maximum absolute atomic E-state index is 13.2. The summed E-state index contributed by atoms with van der Waals surface area (Å²) in [7, 11) is 0. The Morgan fingerprint density at radius 2 is 2.25 bits per heavy atom. The molecule has 0 saturated heterocycles. The first-order chi connectivity index (χ1) is 5.68. The molecule has 2 rings (SSSR count). The van der Waals surface area contributed by atoms with Crippen LogP contribution in [0.2, 0.25) is 0 Å². The molecule has 1 N–H and O–H groups in total. The van der Waals surface area contributed by atoms with E-state index < -0.39 is 6.10 Å². The fourth-order valence-corrected chi connectivity index (χ4v) is 2.07. The van der Waals surface area contributed by atoms with E-state index in [9.17, 15) is 9.50 Å². The first kappa shape index (κ1) is 8.20. The Balaban J connectivity index is 2.60. The van der Waals surface area contributed by atoms with Crippen LogP contribution in [0.1, 0.15) is 23.7 Å². The van der Waals surface area contributed by atoms with E-state index in [0.29, 0.717) is 22.9 Å². The molecule has 1 aliphatic rings. The second kappa shape index (κ2) is 2.82. The van der Waals surface area contributed by atoms with Gasteiger partial charge in [0, 0.05) is 4.47 Å². The summed E-state index contributed by atoms with van der Waals surface area (Å²) in [5.74, 6) is -0.212. The molecule has 0 bridgehead atoms. The van der Waals surface area contributed by atoms with E-state index in [-0.39, 0.29) is 5.82 Å². The number of hydrogen-bond donors (Lipinski definition) is 1. The molecule has 1 aromatic rings. The van der Waals surface area contributed by atoms with Crippen molar-refractivity contribution in [3.63, 3.8) is 0 Å². The third kappa shape index (κ3) is 1.17. The van der Waals surface area contributed by atoms with E-state index in [1.807, 2.05) is 0 Å². The van der Waals surface area contributed by atoms with Gasteiger partial charge in [0.2, 0.25) is 0 Å². The van der Waals surface area contributed by atoms with Crippen molar-refractivity contribution in [3.8, 4) is 0 Å². The smallest absolute Gasteiger partial charge is 0.127 e. The van der Waals surface area contributed by atoms with Gasteiger partial charge in [0.15, 0.2) is 0 Å². The highest BCUT2D eigenvalue weighted by atomic mass is 79.9. The molecule has 0 radical (unpaired) electrons. The average molecular weight is 231 g/mol. The predicted octanol–water partition coefficient (Wildman–Crippen LogP) is 2.57. The molecule has 1 aliphatic carbocycles. The topological polar surface area (TPSA) is 20.2 Å². The first-order valence-corrected chi connectivity index (χ1v) is 4.63. The maximum Gasteiger partial charge on any atom is 0.127 e. The van der Waals surface area contributed by atoms with Gasteiger partial charge in [0.25, 0.3) is 0 Å². The van der Waals surface area contributed by atoms with Crippen molar-refractivity contribution in [1.29, 1.82) is 0 Å². The molecule has 3 heteroatoms. The van der Waals surface area contributed by atoms with Gasteiger partial charge in [-0.15, -0.1) is 0 Å². The van der Waals surface area contributed by atoms with Crippen LogP contribution in [0.25, 0.3) is 0 Å². The molecule has 12 heavy (non-hydrogen) atoms. The molecule has 0 amide bonds. The summed E-state index contributed by atoms with van der Waals surface area (Å²) in [6.45, 7) is 0. The molecule has 1 nitrogen and oxygen atoms in total. The maximum atomic E-state index is 13.2. The van der Waals surface area contributed by atoms with Crippen molar-refractivity contribution in [1.82, 2.24) is 0 Å². The quantitative estimate of drug-likeness (QED) is 0.727. The van der Waals surface area contributed by atoms with Gasteiger partial charge < -0.3 is 5.11 Å². The monoisotopic (exact) mass is 230 g/mol. The van der Waals surface area contributed by atoms with Crippen molar-refractivity contribution in [3.05, 3.63) is 33.5 Å². The van der Waals surface area contributed by atoms with E-state index in [1.165, 1.54) is 6.07 Å². The average Bonchev–Trinajstić information content (AvgIpc) is 2.33.